The van der Waals surface area contributed by atoms with Crippen LogP contribution in [-0.4, -0.2) is 31.6 Å². The van der Waals surface area contributed by atoms with Crippen LogP contribution >= 0.6 is 11.9 Å². The maximum atomic E-state index is 5.63. The summed E-state index contributed by atoms with van der Waals surface area (Å²) in [5.41, 5.74) is 0. The molecule has 0 saturated carbocycles. The second-order valence-corrected chi connectivity index (χ2v) is 3.86. The zero-order valence-corrected chi connectivity index (χ0v) is 9.69. The second-order valence-electron chi connectivity index (χ2n) is 3.39. The lowest BCUT2D eigenvalue weighted by Crippen LogP contribution is -2.36. The molecule has 1 saturated heterocycles. The van der Waals surface area contributed by atoms with E-state index in [0.717, 1.165) is 13.1 Å². The third kappa shape index (κ3) is 8.56. The van der Waals surface area contributed by atoms with Crippen LogP contribution in [0.4, 0.5) is 0 Å². The highest BCUT2D eigenvalue weighted by Gasteiger charge is 2.13. The van der Waals surface area contributed by atoms with Crippen molar-refractivity contribution in [3.05, 3.63) is 0 Å². The fourth-order valence-electron chi connectivity index (χ4n) is 1.32. The van der Waals surface area contributed by atoms with E-state index < -0.39 is 0 Å². The molecular weight excluding hydrogens is 184 g/mol. The molecule has 0 spiro atoms. The van der Waals surface area contributed by atoms with Crippen molar-refractivity contribution in [2.24, 2.45) is 5.14 Å². The molecule has 1 atom stereocenters. The first kappa shape index (κ1) is 13.2. The van der Waals surface area contributed by atoms with Gasteiger partial charge in [-0.3, -0.25) is 5.14 Å². The van der Waals surface area contributed by atoms with E-state index in [9.17, 15) is 0 Å². The van der Waals surface area contributed by atoms with Crippen molar-refractivity contribution in [3.63, 3.8) is 0 Å². The van der Waals surface area contributed by atoms with Gasteiger partial charge in [0.1, 0.15) is 0 Å². The molecule has 1 aliphatic rings. The Morgan fingerprint density at radius 3 is 2.54 bits per heavy atom. The van der Waals surface area contributed by atoms with Gasteiger partial charge in [0, 0.05) is 6.54 Å². The van der Waals surface area contributed by atoms with Crippen molar-refractivity contribution in [1.82, 2.24) is 5.32 Å². The molecule has 0 aromatic rings. The molecule has 1 rings (SSSR count). The Balaban J connectivity index is 0.000000424. The molecule has 0 aromatic heterocycles. The van der Waals surface area contributed by atoms with Crippen molar-refractivity contribution < 1.29 is 4.74 Å². The maximum absolute atomic E-state index is 5.63. The smallest absolute Gasteiger partial charge is 0.0703 e. The van der Waals surface area contributed by atoms with Crippen LogP contribution in [0, 0.1) is 0 Å². The van der Waals surface area contributed by atoms with Crippen molar-refractivity contribution in [1.29, 1.82) is 0 Å². The first-order valence-corrected chi connectivity index (χ1v) is 6.08. The Morgan fingerprint density at radius 1 is 1.54 bits per heavy atom. The number of piperidine rings is 1. The molecule has 1 aliphatic heterocycles. The van der Waals surface area contributed by atoms with Gasteiger partial charge in [-0.25, -0.2) is 0 Å². The van der Waals surface area contributed by atoms with Gasteiger partial charge < -0.3 is 10.1 Å². The summed E-state index contributed by atoms with van der Waals surface area (Å²) < 4.78 is 5.63. The Kier molecular flexibility index (Phi) is 8.97. The fraction of sp³-hybridized carbons (Fsp3) is 1.00. The zero-order chi connectivity index (χ0) is 10.1. The van der Waals surface area contributed by atoms with Crippen LogP contribution < -0.4 is 10.5 Å². The van der Waals surface area contributed by atoms with E-state index in [1.54, 1.807) is 0 Å². The Bertz CT molecular complexity index is 106. The number of rotatable bonds is 2. The Morgan fingerprint density at radius 2 is 2.15 bits per heavy atom. The Hall–Kier alpha value is 0.230. The van der Waals surface area contributed by atoms with E-state index in [0.29, 0.717) is 12.2 Å². The lowest BCUT2D eigenvalue weighted by atomic mass is 10.1. The molecule has 80 valence electrons. The van der Waals surface area contributed by atoms with E-state index in [1.807, 2.05) is 6.26 Å². The van der Waals surface area contributed by atoms with Crippen molar-refractivity contribution in [3.8, 4) is 0 Å². The predicted octanol–water partition coefficient (Wildman–Crippen LogP) is 1.39. The summed E-state index contributed by atoms with van der Waals surface area (Å²) >= 11 is 1.25. The van der Waals surface area contributed by atoms with Gasteiger partial charge in [-0.2, -0.15) is 0 Å². The minimum atomic E-state index is 0.380. The number of nitrogens with one attached hydrogen (secondary N) is 1. The van der Waals surface area contributed by atoms with E-state index in [1.165, 1.54) is 24.8 Å². The SMILES string of the molecule is CC(C)OC1CCCNC1.CSN. The summed E-state index contributed by atoms with van der Waals surface area (Å²) in [6.45, 7) is 6.39. The highest BCUT2D eigenvalue weighted by molar-refractivity contribution is 7.96. The molecule has 0 bridgehead atoms. The highest BCUT2D eigenvalue weighted by Crippen LogP contribution is 2.07. The van der Waals surface area contributed by atoms with Gasteiger partial charge in [-0.1, -0.05) is 11.9 Å². The third-order valence-electron chi connectivity index (χ3n) is 1.72. The molecule has 0 radical (unpaired) electrons. The lowest BCUT2D eigenvalue weighted by molar-refractivity contribution is -0.00426. The monoisotopic (exact) mass is 206 g/mol. The van der Waals surface area contributed by atoms with Crippen LogP contribution in [0.15, 0.2) is 0 Å². The first-order chi connectivity index (χ1) is 6.20. The molecule has 13 heavy (non-hydrogen) atoms. The largest absolute Gasteiger partial charge is 0.374 e. The van der Waals surface area contributed by atoms with Crippen LogP contribution in [0.5, 0.6) is 0 Å². The quantitative estimate of drug-likeness (QED) is 0.670. The van der Waals surface area contributed by atoms with E-state index in [2.05, 4.69) is 19.2 Å². The van der Waals surface area contributed by atoms with Crippen LogP contribution in [-0.2, 0) is 4.74 Å². The van der Waals surface area contributed by atoms with Crippen LogP contribution in [0.25, 0.3) is 0 Å². The summed E-state index contributed by atoms with van der Waals surface area (Å²) in [4.78, 5) is 0. The van der Waals surface area contributed by atoms with Crippen molar-refractivity contribution in [2.45, 2.75) is 38.9 Å². The lowest BCUT2D eigenvalue weighted by Gasteiger charge is -2.24. The molecule has 0 amide bonds. The number of hydrogen-bond donors (Lipinski definition) is 2. The predicted molar refractivity (Wildman–Crippen MR) is 59.8 cm³/mol. The number of nitrogens with two attached hydrogens (primary N) is 1. The summed E-state index contributed by atoms with van der Waals surface area (Å²) in [5.74, 6) is 0. The topological polar surface area (TPSA) is 47.3 Å². The average Bonchev–Trinajstić information content (AvgIpc) is 2.06. The zero-order valence-electron chi connectivity index (χ0n) is 8.88. The molecule has 1 fully saturated rings. The minimum Gasteiger partial charge on any atom is -0.374 e. The van der Waals surface area contributed by atoms with Crippen molar-refractivity contribution in [2.75, 3.05) is 19.3 Å². The van der Waals surface area contributed by atoms with E-state index in [-0.39, 0.29) is 0 Å². The van der Waals surface area contributed by atoms with Gasteiger partial charge in [0.25, 0.3) is 0 Å². The standard InChI is InChI=1S/C8H17NO.CH5NS/c1-7(2)10-8-4-3-5-9-6-8;1-3-2/h7-9H,3-6H2,1-2H3;2H2,1H3. The summed E-state index contributed by atoms with van der Waals surface area (Å²) in [7, 11) is 0. The maximum Gasteiger partial charge on any atom is 0.0703 e. The van der Waals surface area contributed by atoms with Gasteiger partial charge >= 0.3 is 0 Å². The number of hydrogen-bond acceptors (Lipinski definition) is 4. The third-order valence-corrected chi connectivity index (χ3v) is 1.72. The molecule has 1 unspecified atom stereocenters. The molecular formula is C9H22N2OS. The summed E-state index contributed by atoms with van der Waals surface area (Å²) in [5, 5.41) is 8.08. The van der Waals surface area contributed by atoms with Gasteiger partial charge in [-0.15, -0.1) is 0 Å². The van der Waals surface area contributed by atoms with Gasteiger partial charge in [0.15, 0.2) is 0 Å². The molecule has 0 aromatic carbocycles. The Labute approximate surface area is 85.9 Å². The average molecular weight is 206 g/mol. The number of ether oxygens (including phenoxy) is 1. The van der Waals surface area contributed by atoms with Crippen LogP contribution in [0.2, 0.25) is 0 Å². The van der Waals surface area contributed by atoms with Crippen LogP contribution in [0.3, 0.4) is 0 Å². The van der Waals surface area contributed by atoms with Gasteiger partial charge in [-0.05, 0) is 39.5 Å². The second kappa shape index (κ2) is 8.81. The molecule has 3 nitrogen and oxygen atoms in total. The fourth-order valence-corrected chi connectivity index (χ4v) is 1.32. The first-order valence-electron chi connectivity index (χ1n) is 4.79. The van der Waals surface area contributed by atoms with Gasteiger partial charge in [0.05, 0.1) is 12.2 Å². The normalized spacial score (nSPS) is 22.4. The van der Waals surface area contributed by atoms with Crippen LogP contribution in [0.1, 0.15) is 26.7 Å². The summed E-state index contributed by atoms with van der Waals surface area (Å²) in [6, 6.07) is 0. The molecule has 1 heterocycles. The minimum absolute atomic E-state index is 0.380. The summed E-state index contributed by atoms with van der Waals surface area (Å²) in [6.07, 6.45) is 5.15. The van der Waals surface area contributed by atoms with Gasteiger partial charge in [0.2, 0.25) is 0 Å². The van der Waals surface area contributed by atoms with Crippen molar-refractivity contribution >= 4 is 11.9 Å². The highest BCUT2D eigenvalue weighted by atomic mass is 32.2. The molecule has 4 heteroatoms. The van der Waals surface area contributed by atoms with E-state index >= 15 is 0 Å². The molecule has 3 N–H and O–H groups in total. The van der Waals surface area contributed by atoms with E-state index in [4.69, 9.17) is 9.88 Å². The molecule has 0 aliphatic carbocycles.